The molecule has 0 aliphatic heterocycles. The molecule has 0 N–H and O–H groups in total. The zero-order valence-corrected chi connectivity index (χ0v) is 27.0. The van der Waals surface area contributed by atoms with Crippen LogP contribution in [0.15, 0.2) is 0 Å². The first-order valence-corrected chi connectivity index (χ1v) is 16.1. The zero-order valence-electron chi connectivity index (χ0n) is 27.0. The SMILES string of the molecule is CC[C@H]1[C@@H](OCOC)[C@@H]2[C@H](C[C@H](OCOC)[C@]3(C)[C@@H](C(C)CCC(=O)OC)CC[C@@H]23)[C@@]2(C)CC[C@@H](OCOC)C[C@@H]12. The largest absolute Gasteiger partial charge is 0.469 e. The maximum atomic E-state index is 12.0. The molecule has 8 nitrogen and oxygen atoms in total. The number of ether oxygens (including phenoxy) is 7. The molecule has 8 heteroatoms. The number of fused-ring (bicyclic) bond motifs is 5. The molecule has 0 bridgehead atoms. The van der Waals surface area contributed by atoms with E-state index in [-0.39, 0.29) is 35.1 Å². The van der Waals surface area contributed by atoms with Crippen molar-refractivity contribution in [2.24, 2.45) is 52.3 Å². The molecule has 4 aliphatic carbocycles. The van der Waals surface area contributed by atoms with Gasteiger partial charge >= 0.3 is 5.97 Å². The first kappa shape index (κ1) is 33.1. The molecular weight excluding hydrogens is 524 g/mol. The minimum atomic E-state index is -0.123. The number of rotatable bonds is 14. The van der Waals surface area contributed by atoms with Crippen molar-refractivity contribution in [3.63, 3.8) is 0 Å². The number of carbonyl (C=O) groups excluding carboxylic acids is 1. The number of hydrogen-bond acceptors (Lipinski definition) is 8. The van der Waals surface area contributed by atoms with Gasteiger partial charge in [-0.25, -0.2) is 0 Å². The summed E-state index contributed by atoms with van der Waals surface area (Å²) < 4.78 is 40.9. The second kappa shape index (κ2) is 14.3. The Morgan fingerprint density at radius 3 is 2.20 bits per heavy atom. The highest BCUT2D eigenvalue weighted by atomic mass is 16.7. The quantitative estimate of drug-likeness (QED) is 0.181. The molecule has 0 aromatic heterocycles. The maximum absolute atomic E-state index is 12.0. The lowest BCUT2D eigenvalue weighted by Crippen LogP contribution is -2.66. The van der Waals surface area contributed by atoms with E-state index in [9.17, 15) is 4.79 Å². The fraction of sp³-hybridized carbons (Fsp3) is 0.970. The van der Waals surface area contributed by atoms with Crippen molar-refractivity contribution < 1.29 is 38.0 Å². The topological polar surface area (TPSA) is 81.7 Å². The van der Waals surface area contributed by atoms with E-state index in [0.717, 1.165) is 44.9 Å². The van der Waals surface area contributed by atoms with Crippen LogP contribution in [0.5, 0.6) is 0 Å². The van der Waals surface area contributed by atoms with Crippen molar-refractivity contribution in [3.05, 3.63) is 0 Å². The Morgan fingerprint density at radius 2 is 1.54 bits per heavy atom. The summed E-state index contributed by atoms with van der Waals surface area (Å²) >= 11 is 0. The summed E-state index contributed by atoms with van der Waals surface area (Å²) in [4.78, 5) is 12.0. The highest BCUT2D eigenvalue weighted by Crippen LogP contribution is 2.70. The lowest BCUT2D eigenvalue weighted by molar-refractivity contribution is -0.267. The molecule has 41 heavy (non-hydrogen) atoms. The van der Waals surface area contributed by atoms with Gasteiger partial charge in [0.15, 0.2) is 0 Å². The fourth-order valence-corrected chi connectivity index (χ4v) is 10.6. The fourth-order valence-electron chi connectivity index (χ4n) is 10.6. The minimum Gasteiger partial charge on any atom is -0.469 e. The smallest absolute Gasteiger partial charge is 0.305 e. The molecule has 0 aromatic rings. The van der Waals surface area contributed by atoms with Crippen LogP contribution in [0.4, 0.5) is 0 Å². The number of hydrogen-bond donors (Lipinski definition) is 0. The highest BCUT2D eigenvalue weighted by molar-refractivity contribution is 5.69. The molecule has 4 saturated carbocycles. The first-order valence-electron chi connectivity index (χ1n) is 16.1. The van der Waals surface area contributed by atoms with Crippen molar-refractivity contribution in [1.82, 2.24) is 0 Å². The van der Waals surface area contributed by atoms with Crippen molar-refractivity contribution in [2.75, 3.05) is 48.8 Å². The highest BCUT2D eigenvalue weighted by Gasteiger charge is 2.68. The van der Waals surface area contributed by atoms with E-state index < -0.39 is 0 Å². The van der Waals surface area contributed by atoms with Gasteiger partial charge in [-0.05, 0) is 91.8 Å². The summed E-state index contributed by atoms with van der Waals surface area (Å²) in [5.41, 5.74) is 0.167. The predicted octanol–water partition coefficient (Wildman–Crippen LogP) is 6.06. The summed E-state index contributed by atoms with van der Waals surface area (Å²) in [5.74, 6) is 3.10. The molecule has 238 valence electrons. The van der Waals surface area contributed by atoms with Gasteiger partial charge in [0.1, 0.15) is 20.4 Å². The van der Waals surface area contributed by atoms with Crippen LogP contribution < -0.4 is 0 Å². The van der Waals surface area contributed by atoms with E-state index in [2.05, 4.69) is 27.7 Å². The van der Waals surface area contributed by atoms with Crippen LogP contribution in [0.1, 0.15) is 85.5 Å². The lowest BCUT2D eigenvalue weighted by atomic mass is 9.40. The molecule has 0 heterocycles. The predicted molar refractivity (Wildman–Crippen MR) is 156 cm³/mol. The third kappa shape index (κ3) is 6.26. The Balaban J connectivity index is 1.71. The van der Waals surface area contributed by atoms with Crippen LogP contribution in [0.2, 0.25) is 0 Å². The normalized spacial score (nSPS) is 42.7. The minimum absolute atomic E-state index is 0.0236. The Bertz CT molecular complexity index is 838. The van der Waals surface area contributed by atoms with Crippen LogP contribution in [0.3, 0.4) is 0 Å². The van der Waals surface area contributed by atoms with Crippen molar-refractivity contribution in [1.29, 1.82) is 0 Å². The number of carbonyl (C=O) groups is 1. The number of methoxy groups -OCH3 is 4. The summed E-state index contributed by atoms with van der Waals surface area (Å²) in [6, 6.07) is 0. The molecule has 12 atom stereocenters. The summed E-state index contributed by atoms with van der Waals surface area (Å²) in [6.45, 7) is 10.7. The van der Waals surface area contributed by atoms with Crippen LogP contribution in [0.25, 0.3) is 0 Å². The van der Waals surface area contributed by atoms with Gasteiger partial charge in [0, 0.05) is 33.2 Å². The van der Waals surface area contributed by atoms with Crippen molar-refractivity contribution >= 4 is 5.97 Å². The second-order valence-corrected chi connectivity index (χ2v) is 13.9. The van der Waals surface area contributed by atoms with Gasteiger partial charge in [-0.1, -0.05) is 34.1 Å². The Morgan fingerprint density at radius 1 is 0.854 bits per heavy atom. The van der Waals surface area contributed by atoms with Gasteiger partial charge < -0.3 is 33.2 Å². The second-order valence-electron chi connectivity index (χ2n) is 13.9. The average molecular weight is 583 g/mol. The van der Waals surface area contributed by atoms with E-state index in [0.29, 0.717) is 68.2 Å². The standard InChI is InChI=1S/C33H58O8/c1-9-23-26-16-22(39-18-35-5)14-15-32(26,3)27-17-28(40-19-36-6)33(4)24(21(2)10-13-29(34)38-8)11-12-25(33)30(27)31(23)41-20-37-7/h21-28,30-31H,9-20H2,1-8H3/t21?,22-,23-,24-,25+,26+,27+,28+,30+,31-,32+,33-/m1/s1. The molecule has 0 radical (unpaired) electrons. The van der Waals surface area contributed by atoms with Crippen LogP contribution >= 0.6 is 0 Å². The molecule has 4 aliphatic rings. The molecule has 4 rings (SSSR count). The van der Waals surface area contributed by atoms with E-state index in [1.807, 2.05) is 0 Å². The van der Waals surface area contributed by atoms with Crippen LogP contribution in [-0.2, 0) is 38.0 Å². The van der Waals surface area contributed by atoms with Crippen molar-refractivity contribution in [2.45, 2.75) is 104 Å². The van der Waals surface area contributed by atoms with Gasteiger partial charge in [-0.15, -0.1) is 0 Å². The van der Waals surface area contributed by atoms with E-state index in [1.165, 1.54) is 13.5 Å². The summed E-state index contributed by atoms with van der Waals surface area (Å²) in [6.07, 6.45) is 9.46. The molecule has 1 unspecified atom stereocenters. The van der Waals surface area contributed by atoms with Crippen LogP contribution in [0, 0.1) is 52.3 Å². The molecule has 0 amide bonds. The summed E-state index contributed by atoms with van der Waals surface area (Å²) in [7, 11) is 6.63. The molecular formula is C33H58O8. The third-order valence-corrected chi connectivity index (χ3v) is 12.4. The molecule has 4 fully saturated rings. The monoisotopic (exact) mass is 582 g/mol. The third-order valence-electron chi connectivity index (χ3n) is 12.4. The van der Waals surface area contributed by atoms with E-state index >= 15 is 0 Å². The van der Waals surface area contributed by atoms with Gasteiger partial charge in [0.05, 0.1) is 25.4 Å². The zero-order chi connectivity index (χ0) is 29.8. The molecule has 0 saturated heterocycles. The average Bonchev–Trinajstić information content (AvgIpc) is 3.34. The Kier molecular flexibility index (Phi) is 11.6. The van der Waals surface area contributed by atoms with E-state index in [4.69, 9.17) is 33.2 Å². The van der Waals surface area contributed by atoms with Crippen molar-refractivity contribution in [3.8, 4) is 0 Å². The molecule has 0 aromatic carbocycles. The van der Waals surface area contributed by atoms with E-state index in [1.54, 1.807) is 21.3 Å². The number of esters is 1. The van der Waals surface area contributed by atoms with Gasteiger partial charge in [0.25, 0.3) is 0 Å². The Labute approximate surface area is 248 Å². The van der Waals surface area contributed by atoms with Gasteiger partial charge in [-0.3, -0.25) is 4.79 Å². The molecule has 0 spiro atoms. The Hall–Kier alpha value is -0.770. The van der Waals surface area contributed by atoms with Crippen LogP contribution in [-0.4, -0.2) is 73.1 Å². The lowest BCUT2D eigenvalue weighted by Gasteiger charge is -2.66. The van der Waals surface area contributed by atoms with Gasteiger partial charge in [0.2, 0.25) is 0 Å². The first-order chi connectivity index (χ1) is 19.7. The maximum Gasteiger partial charge on any atom is 0.305 e. The van der Waals surface area contributed by atoms with Gasteiger partial charge in [-0.2, -0.15) is 0 Å². The summed E-state index contributed by atoms with van der Waals surface area (Å²) in [5, 5.41) is 0.